The Labute approximate surface area is 208 Å². The van der Waals surface area contributed by atoms with Crippen LogP contribution in [0.3, 0.4) is 0 Å². The van der Waals surface area contributed by atoms with Gasteiger partial charge in [0.2, 0.25) is 0 Å². The first-order chi connectivity index (χ1) is 16.8. The summed E-state index contributed by atoms with van der Waals surface area (Å²) in [6.45, 7) is 13.0. The fourth-order valence-electron chi connectivity index (χ4n) is 4.75. The van der Waals surface area contributed by atoms with E-state index in [2.05, 4.69) is 35.5 Å². The number of rotatable bonds is 11. The van der Waals surface area contributed by atoms with Gasteiger partial charge >= 0.3 is 5.97 Å². The topological polar surface area (TPSA) is 82.1 Å². The van der Waals surface area contributed by atoms with Gasteiger partial charge in [0.05, 0.1) is 25.7 Å². The lowest BCUT2D eigenvalue weighted by Crippen LogP contribution is -2.57. The van der Waals surface area contributed by atoms with Crippen LogP contribution in [0, 0.1) is 0 Å². The van der Waals surface area contributed by atoms with Crippen molar-refractivity contribution in [2.24, 2.45) is 0 Å². The Balaban J connectivity index is 1.87. The number of hydrogen-bond acceptors (Lipinski definition) is 7. The number of esters is 1. The van der Waals surface area contributed by atoms with E-state index in [-0.39, 0.29) is 42.7 Å². The molecule has 1 fully saturated rings. The van der Waals surface area contributed by atoms with Gasteiger partial charge in [-0.2, -0.15) is 0 Å². The van der Waals surface area contributed by atoms with E-state index in [9.17, 15) is 14.7 Å². The van der Waals surface area contributed by atoms with Crippen molar-refractivity contribution in [2.45, 2.75) is 38.9 Å². The predicted octanol–water partition coefficient (Wildman–Crippen LogP) is 3.40. The third-order valence-corrected chi connectivity index (χ3v) is 6.43. The van der Waals surface area contributed by atoms with Crippen LogP contribution in [0.5, 0.6) is 5.75 Å². The molecule has 1 saturated heterocycles. The Bertz CT molecular complexity index is 1020. The summed E-state index contributed by atoms with van der Waals surface area (Å²) in [4.78, 5) is 29.3. The third-order valence-electron chi connectivity index (χ3n) is 6.43. The van der Waals surface area contributed by atoms with Gasteiger partial charge in [-0.3, -0.25) is 24.7 Å². The lowest BCUT2D eigenvalue weighted by Gasteiger charge is -2.47. The number of ketones is 1. The molecule has 0 aromatic heterocycles. The van der Waals surface area contributed by atoms with Crippen molar-refractivity contribution in [1.82, 2.24) is 15.1 Å². The summed E-state index contributed by atoms with van der Waals surface area (Å²) >= 11 is 0. The molecule has 7 nitrogen and oxygen atoms in total. The largest absolute Gasteiger partial charge is 0.508 e. The Kier molecular flexibility index (Phi) is 9.60. The van der Waals surface area contributed by atoms with Crippen molar-refractivity contribution in [3.05, 3.63) is 77.9 Å². The number of benzene rings is 2. The maximum absolute atomic E-state index is 12.9. The Morgan fingerprint density at radius 1 is 1.11 bits per heavy atom. The number of carbonyl (C=O) groups excluding carboxylic acids is 2. The zero-order chi connectivity index (χ0) is 25.4. The number of piperazine rings is 1. The van der Waals surface area contributed by atoms with Crippen LogP contribution in [0.4, 0.5) is 0 Å². The van der Waals surface area contributed by atoms with Gasteiger partial charge in [-0.1, -0.05) is 36.4 Å². The van der Waals surface area contributed by atoms with Crippen LogP contribution in [-0.4, -0.2) is 78.1 Å². The molecule has 1 aliphatic rings. The summed E-state index contributed by atoms with van der Waals surface area (Å²) in [6.07, 6.45) is 1.94. The van der Waals surface area contributed by atoms with Crippen molar-refractivity contribution in [3.63, 3.8) is 0 Å². The van der Waals surface area contributed by atoms with Crippen LogP contribution >= 0.6 is 0 Å². The highest BCUT2D eigenvalue weighted by Crippen LogP contribution is 2.34. The number of ether oxygens (including phenoxy) is 1. The SMILES string of the molecule is C=CCN1C[C@H](C)N([C@@H](c2cccc(O)c2)c2cccc(C(=O)CNCC(=O)OCC)c2)C[C@H]1C. The molecule has 3 rings (SSSR count). The summed E-state index contributed by atoms with van der Waals surface area (Å²) in [5.41, 5.74) is 2.55. The highest BCUT2D eigenvalue weighted by Gasteiger charge is 2.34. The lowest BCUT2D eigenvalue weighted by atomic mass is 9.92. The highest BCUT2D eigenvalue weighted by atomic mass is 16.5. The van der Waals surface area contributed by atoms with Crippen molar-refractivity contribution in [1.29, 1.82) is 0 Å². The van der Waals surface area contributed by atoms with Crippen molar-refractivity contribution in [2.75, 3.05) is 39.3 Å². The Morgan fingerprint density at radius 2 is 1.83 bits per heavy atom. The number of Topliss-reactive ketones (excluding diaryl/α,β-unsaturated/α-hetero) is 1. The van der Waals surface area contributed by atoms with E-state index in [4.69, 9.17) is 4.74 Å². The van der Waals surface area contributed by atoms with Crippen LogP contribution in [0.1, 0.15) is 48.3 Å². The molecule has 0 amide bonds. The standard InChI is InChI=1S/C28H37N3O4/c1-5-13-30-18-21(4)31(19-20(30)3)28(24-11-8-12-25(32)15-24)23-10-7-9-22(14-23)26(33)16-29-17-27(34)35-6-2/h5,7-12,14-15,20-21,28-29,32H,1,6,13,16-19H2,2-4H3/t20-,21+,28-/m1/s1. The molecule has 0 aliphatic carbocycles. The van der Waals surface area contributed by atoms with Gasteiger partial charge in [-0.25, -0.2) is 0 Å². The fraction of sp³-hybridized carbons (Fsp3) is 0.429. The third kappa shape index (κ3) is 7.01. The van der Waals surface area contributed by atoms with E-state index >= 15 is 0 Å². The molecule has 7 heteroatoms. The summed E-state index contributed by atoms with van der Waals surface area (Å²) < 4.78 is 4.90. The fourth-order valence-corrected chi connectivity index (χ4v) is 4.75. The molecule has 2 aromatic carbocycles. The van der Waals surface area contributed by atoms with E-state index in [1.807, 2.05) is 36.4 Å². The first-order valence-corrected chi connectivity index (χ1v) is 12.2. The molecule has 3 atom stereocenters. The van der Waals surface area contributed by atoms with Gasteiger partial charge in [0.1, 0.15) is 5.75 Å². The zero-order valence-electron chi connectivity index (χ0n) is 20.9. The number of aromatic hydroxyl groups is 1. The molecule has 0 bridgehead atoms. The Hall–Kier alpha value is -3.00. The van der Waals surface area contributed by atoms with Crippen LogP contribution in [-0.2, 0) is 9.53 Å². The molecule has 35 heavy (non-hydrogen) atoms. The average molecular weight is 480 g/mol. The van der Waals surface area contributed by atoms with Crippen molar-refractivity contribution >= 4 is 11.8 Å². The van der Waals surface area contributed by atoms with Gasteiger partial charge in [-0.05, 0) is 50.1 Å². The van der Waals surface area contributed by atoms with E-state index in [1.165, 1.54) is 0 Å². The molecule has 0 saturated carbocycles. The predicted molar refractivity (Wildman–Crippen MR) is 138 cm³/mol. The average Bonchev–Trinajstić information content (AvgIpc) is 2.83. The quantitative estimate of drug-likeness (QED) is 0.290. The number of nitrogens with zero attached hydrogens (tertiary/aromatic N) is 2. The second kappa shape index (κ2) is 12.6. The number of phenols is 1. The van der Waals surface area contributed by atoms with Crippen molar-refractivity contribution in [3.8, 4) is 5.75 Å². The molecule has 0 spiro atoms. The Morgan fingerprint density at radius 3 is 2.51 bits per heavy atom. The second-order valence-corrected chi connectivity index (χ2v) is 9.09. The smallest absolute Gasteiger partial charge is 0.319 e. The second-order valence-electron chi connectivity index (χ2n) is 9.09. The number of hydrogen-bond donors (Lipinski definition) is 2. The normalized spacial score (nSPS) is 19.7. The minimum absolute atomic E-state index is 0.00439. The molecule has 0 unspecified atom stereocenters. The molecular weight excluding hydrogens is 442 g/mol. The van der Waals surface area contributed by atoms with E-state index in [1.54, 1.807) is 25.1 Å². The molecule has 188 valence electrons. The number of phenolic OH excluding ortho intramolecular Hbond substituents is 1. The van der Waals surface area contributed by atoms with Crippen LogP contribution < -0.4 is 5.32 Å². The number of carbonyl (C=O) groups is 2. The lowest BCUT2D eigenvalue weighted by molar-refractivity contribution is -0.141. The van der Waals surface area contributed by atoms with Crippen LogP contribution in [0.25, 0.3) is 0 Å². The first-order valence-electron chi connectivity index (χ1n) is 12.2. The first kappa shape index (κ1) is 26.6. The maximum atomic E-state index is 12.9. The summed E-state index contributed by atoms with van der Waals surface area (Å²) in [6, 6.07) is 15.5. The molecule has 1 heterocycles. The van der Waals surface area contributed by atoms with Crippen LogP contribution in [0.15, 0.2) is 61.2 Å². The molecule has 0 radical (unpaired) electrons. The van der Waals surface area contributed by atoms with E-state index in [0.717, 1.165) is 30.8 Å². The summed E-state index contributed by atoms with van der Waals surface area (Å²) in [5.74, 6) is -0.256. The van der Waals surface area contributed by atoms with Gasteiger partial charge in [0.15, 0.2) is 5.78 Å². The summed E-state index contributed by atoms with van der Waals surface area (Å²) in [5, 5.41) is 13.1. The summed E-state index contributed by atoms with van der Waals surface area (Å²) in [7, 11) is 0. The van der Waals surface area contributed by atoms with Gasteiger partial charge in [-0.15, -0.1) is 6.58 Å². The molecule has 2 aromatic rings. The van der Waals surface area contributed by atoms with E-state index < -0.39 is 0 Å². The van der Waals surface area contributed by atoms with Crippen LogP contribution in [0.2, 0.25) is 0 Å². The zero-order valence-corrected chi connectivity index (χ0v) is 20.9. The molecule has 2 N–H and O–H groups in total. The van der Waals surface area contributed by atoms with Crippen molar-refractivity contribution < 1.29 is 19.4 Å². The minimum Gasteiger partial charge on any atom is -0.508 e. The number of nitrogens with one attached hydrogen (secondary N) is 1. The van der Waals surface area contributed by atoms with Gasteiger partial charge in [0, 0.05) is 37.3 Å². The molecule has 1 aliphatic heterocycles. The monoisotopic (exact) mass is 479 g/mol. The van der Waals surface area contributed by atoms with E-state index in [0.29, 0.717) is 18.2 Å². The highest BCUT2D eigenvalue weighted by molar-refractivity contribution is 5.98. The van der Waals surface area contributed by atoms with Gasteiger partial charge in [0.25, 0.3) is 0 Å². The minimum atomic E-state index is -0.378. The molecular formula is C28H37N3O4. The maximum Gasteiger partial charge on any atom is 0.319 e. The van der Waals surface area contributed by atoms with Gasteiger partial charge < -0.3 is 9.84 Å².